The normalized spacial score (nSPS) is 12.1. The van der Waals surface area contributed by atoms with Crippen LogP contribution in [0.15, 0.2) is 48.5 Å². The molecule has 0 saturated heterocycles. The Hall–Kier alpha value is -2.44. The maximum atomic E-state index is 12.7. The predicted octanol–water partition coefficient (Wildman–Crippen LogP) is 4.12. The summed E-state index contributed by atoms with van der Waals surface area (Å²) in [5.74, 6) is -0.00397. The Bertz CT molecular complexity index is 841. The zero-order valence-corrected chi connectivity index (χ0v) is 15.3. The highest BCUT2D eigenvalue weighted by Gasteiger charge is 2.22. The zero-order valence-electron chi connectivity index (χ0n) is 14.5. The summed E-state index contributed by atoms with van der Waals surface area (Å²) in [7, 11) is 3.46. The highest BCUT2D eigenvalue weighted by atomic mass is 32.1. The molecule has 6 heteroatoms. The summed E-state index contributed by atoms with van der Waals surface area (Å²) < 4.78 is 5.12. The minimum Gasteiger partial charge on any atom is -0.379 e. The molecule has 1 atom stereocenters. The first-order valence-electron chi connectivity index (χ1n) is 8.05. The van der Waals surface area contributed by atoms with Gasteiger partial charge in [-0.15, -0.1) is 11.3 Å². The average Bonchev–Trinajstić information content (AvgIpc) is 3.31. The van der Waals surface area contributed by atoms with Gasteiger partial charge >= 0.3 is 0 Å². The summed E-state index contributed by atoms with van der Waals surface area (Å²) in [5.41, 5.74) is 2.83. The Morgan fingerprint density at radius 1 is 1.28 bits per heavy atom. The van der Waals surface area contributed by atoms with Gasteiger partial charge in [0.2, 0.25) is 0 Å². The second-order valence-corrected chi connectivity index (χ2v) is 7.03. The van der Waals surface area contributed by atoms with Gasteiger partial charge in [-0.25, -0.2) is 0 Å². The number of aromatic amines is 1. The number of H-pyrrole nitrogens is 1. The average molecular weight is 355 g/mol. The van der Waals surface area contributed by atoms with Crippen molar-refractivity contribution in [2.24, 2.45) is 0 Å². The van der Waals surface area contributed by atoms with Crippen LogP contribution in [-0.4, -0.2) is 35.2 Å². The number of methoxy groups -OCH3 is 1. The molecule has 5 nitrogen and oxygen atoms in total. The number of benzene rings is 1. The molecule has 3 aromatic rings. The van der Waals surface area contributed by atoms with E-state index < -0.39 is 0 Å². The molecule has 2 heterocycles. The fourth-order valence-electron chi connectivity index (χ4n) is 2.58. The van der Waals surface area contributed by atoms with E-state index in [4.69, 9.17) is 4.74 Å². The molecule has 130 valence electrons. The topological polar surface area (TPSA) is 58.2 Å². The molecule has 1 aromatic carbocycles. The predicted molar refractivity (Wildman–Crippen MR) is 99.6 cm³/mol. The monoisotopic (exact) mass is 355 g/mol. The molecular weight excluding hydrogens is 334 g/mol. The van der Waals surface area contributed by atoms with E-state index in [9.17, 15) is 4.79 Å². The van der Waals surface area contributed by atoms with Gasteiger partial charge in [0, 0.05) is 24.6 Å². The number of ether oxygens (including phenoxy) is 1. The molecule has 0 radical (unpaired) electrons. The van der Waals surface area contributed by atoms with Crippen LogP contribution >= 0.6 is 11.3 Å². The number of amides is 1. The fraction of sp³-hybridized carbons (Fsp3) is 0.263. The van der Waals surface area contributed by atoms with E-state index in [0.717, 1.165) is 21.8 Å². The summed E-state index contributed by atoms with van der Waals surface area (Å²) in [5, 5.41) is 7.43. The summed E-state index contributed by atoms with van der Waals surface area (Å²) in [6.07, 6.45) is 0. The summed E-state index contributed by atoms with van der Waals surface area (Å²) in [4.78, 5) is 16.2. The van der Waals surface area contributed by atoms with Crippen LogP contribution in [0.25, 0.3) is 11.3 Å². The Morgan fingerprint density at radius 3 is 2.76 bits per heavy atom. The van der Waals surface area contributed by atoms with Crippen molar-refractivity contribution in [2.75, 3.05) is 14.2 Å². The molecule has 0 fully saturated rings. The standard InChI is InChI=1S/C19H21N3O2S/c1-13(16-11-17(21-20-16)14-7-5-4-6-8-14)22(2)19(23)18-10-9-15(25-18)12-24-3/h4-11,13H,12H2,1-3H3,(H,20,21). The lowest BCUT2D eigenvalue weighted by Gasteiger charge is -2.23. The van der Waals surface area contributed by atoms with E-state index in [1.54, 1.807) is 12.0 Å². The van der Waals surface area contributed by atoms with Gasteiger partial charge in [0.25, 0.3) is 5.91 Å². The van der Waals surface area contributed by atoms with Crippen molar-refractivity contribution < 1.29 is 9.53 Å². The van der Waals surface area contributed by atoms with E-state index in [1.165, 1.54) is 11.3 Å². The molecule has 0 spiro atoms. The van der Waals surface area contributed by atoms with Crippen molar-refractivity contribution in [2.45, 2.75) is 19.6 Å². The first-order valence-corrected chi connectivity index (χ1v) is 8.87. The minimum atomic E-state index is -0.106. The van der Waals surface area contributed by atoms with E-state index in [-0.39, 0.29) is 11.9 Å². The largest absolute Gasteiger partial charge is 0.379 e. The van der Waals surface area contributed by atoms with Crippen LogP contribution in [0.4, 0.5) is 0 Å². The van der Waals surface area contributed by atoms with Crippen LogP contribution in [0.5, 0.6) is 0 Å². The van der Waals surface area contributed by atoms with Crippen molar-refractivity contribution >= 4 is 17.2 Å². The number of thiophene rings is 1. The summed E-state index contributed by atoms with van der Waals surface area (Å²) in [6, 6.07) is 15.7. The smallest absolute Gasteiger partial charge is 0.264 e. The lowest BCUT2D eigenvalue weighted by atomic mass is 10.1. The van der Waals surface area contributed by atoms with Crippen molar-refractivity contribution in [1.82, 2.24) is 15.1 Å². The molecule has 0 saturated carbocycles. The molecule has 0 bridgehead atoms. The third-order valence-electron chi connectivity index (χ3n) is 4.18. The molecule has 0 aliphatic heterocycles. The van der Waals surface area contributed by atoms with Gasteiger partial charge in [-0.05, 0) is 25.1 Å². The van der Waals surface area contributed by atoms with Crippen LogP contribution in [0.3, 0.4) is 0 Å². The maximum Gasteiger partial charge on any atom is 0.264 e. The highest BCUT2D eigenvalue weighted by molar-refractivity contribution is 7.14. The Kier molecular flexibility index (Phi) is 5.31. The lowest BCUT2D eigenvalue weighted by molar-refractivity contribution is 0.0744. The molecule has 3 rings (SSSR count). The molecule has 1 N–H and O–H groups in total. The number of carbonyl (C=O) groups excluding carboxylic acids is 1. The molecule has 1 unspecified atom stereocenters. The Labute approximate surface area is 151 Å². The summed E-state index contributed by atoms with van der Waals surface area (Å²) in [6.45, 7) is 2.52. The summed E-state index contributed by atoms with van der Waals surface area (Å²) >= 11 is 1.47. The molecule has 0 aliphatic carbocycles. The van der Waals surface area contributed by atoms with Gasteiger partial charge in [-0.3, -0.25) is 9.89 Å². The Balaban J connectivity index is 1.74. The molecule has 25 heavy (non-hydrogen) atoms. The lowest BCUT2D eigenvalue weighted by Crippen LogP contribution is -2.29. The second kappa shape index (κ2) is 7.63. The van der Waals surface area contributed by atoms with Crippen molar-refractivity contribution in [1.29, 1.82) is 0 Å². The number of hydrogen-bond acceptors (Lipinski definition) is 4. The minimum absolute atomic E-state index is 0.00397. The Morgan fingerprint density at radius 2 is 2.04 bits per heavy atom. The van der Waals surface area contributed by atoms with Crippen LogP contribution in [0.1, 0.15) is 33.2 Å². The number of aromatic nitrogens is 2. The van der Waals surface area contributed by atoms with Crippen LogP contribution in [0, 0.1) is 0 Å². The second-order valence-electron chi connectivity index (χ2n) is 5.87. The highest BCUT2D eigenvalue weighted by Crippen LogP contribution is 2.26. The molecular formula is C19H21N3O2S. The number of nitrogens with one attached hydrogen (secondary N) is 1. The van der Waals surface area contributed by atoms with E-state index >= 15 is 0 Å². The first-order chi connectivity index (χ1) is 12.1. The van der Waals surface area contributed by atoms with Crippen LogP contribution in [0.2, 0.25) is 0 Å². The number of carbonyl (C=O) groups is 1. The van der Waals surface area contributed by atoms with Gasteiger partial charge in [0.1, 0.15) is 0 Å². The van der Waals surface area contributed by atoms with Crippen LogP contribution < -0.4 is 0 Å². The van der Waals surface area contributed by atoms with Crippen LogP contribution in [-0.2, 0) is 11.3 Å². The van der Waals surface area contributed by atoms with Crippen molar-refractivity contribution in [3.63, 3.8) is 0 Å². The van der Waals surface area contributed by atoms with Gasteiger partial charge in [0.15, 0.2) is 0 Å². The van der Waals surface area contributed by atoms with Gasteiger partial charge < -0.3 is 9.64 Å². The third-order valence-corrected chi connectivity index (χ3v) is 5.22. The van der Waals surface area contributed by atoms with Gasteiger partial charge in [-0.2, -0.15) is 5.10 Å². The molecule has 0 aliphatic rings. The zero-order chi connectivity index (χ0) is 17.8. The fourth-order valence-corrected chi connectivity index (χ4v) is 3.54. The number of rotatable bonds is 6. The van der Waals surface area contributed by atoms with Crippen molar-refractivity contribution in [3.05, 3.63) is 64.0 Å². The quantitative estimate of drug-likeness (QED) is 0.724. The third kappa shape index (κ3) is 3.81. The molecule has 1 amide bonds. The van der Waals surface area contributed by atoms with Crippen molar-refractivity contribution in [3.8, 4) is 11.3 Å². The van der Waals surface area contributed by atoms with E-state index in [1.807, 2.05) is 62.5 Å². The first kappa shape index (κ1) is 17.4. The number of hydrogen-bond donors (Lipinski definition) is 1. The number of nitrogens with zero attached hydrogens (tertiary/aromatic N) is 2. The van der Waals surface area contributed by atoms with E-state index in [2.05, 4.69) is 10.2 Å². The van der Waals surface area contributed by atoms with E-state index in [0.29, 0.717) is 11.5 Å². The SMILES string of the molecule is COCc1ccc(C(=O)N(C)C(C)c2cc(-c3ccccc3)n[nH]2)s1. The maximum absolute atomic E-state index is 12.7. The van der Waals surface area contributed by atoms with Gasteiger partial charge in [0.05, 0.1) is 28.9 Å². The molecule has 2 aromatic heterocycles. The van der Waals surface area contributed by atoms with Gasteiger partial charge in [-0.1, -0.05) is 30.3 Å².